The Balaban J connectivity index is 2.16. The summed E-state index contributed by atoms with van der Waals surface area (Å²) in [6.07, 6.45) is 0.835. The zero-order valence-corrected chi connectivity index (χ0v) is 12.4. The van der Waals surface area contributed by atoms with Crippen molar-refractivity contribution in [3.05, 3.63) is 22.4 Å². The van der Waals surface area contributed by atoms with E-state index in [9.17, 15) is 10.4 Å². The van der Waals surface area contributed by atoms with Gasteiger partial charge in [0, 0.05) is 12.1 Å². The fraction of sp³-hybridized carbons (Fsp3) is 0.571. The van der Waals surface area contributed by atoms with Gasteiger partial charge >= 0.3 is 0 Å². The van der Waals surface area contributed by atoms with Crippen molar-refractivity contribution in [2.45, 2.75) is 25.4 Å². The lowest BCUT2D eigenvalue weighted by atomic mass is 9.88. The van der Waals surface area contributed by atoms with Crippen molar-refractivity contribution in [1.29, 1.82) is 0 Å². The number of hydrogen-bond acceptors (Lipinski definition) is 6. The number of quaternary nitrogens is 1. The van der Waals surface area contributed by atoms with Gasteiger partial charge in [0.25, 0.3) is 0 Å². The molecule has 2 heterocycles. The SMILES string of the molecule is COc1c2c(cc3c1[C@@H]([C@@H](C)[NH+]([O-])O)N(C)CC3)OCO2. The number of methoxy groups -OCH3 is 1. The van der Waals surface area contributed by atoms with Crippen LogP contribution in [0.1, 0.15) is 24.1 Å². The van der Waals surface area contributed by atoms with E-state index >= 15 is 0 Å². The van der Waals surface area contributed by atoms with Crippen LogP contribution < -0.4 is 19.4 Å². The van der Waals surface area contributed by atoms with Gasteiger partial charge in [0.1, 0.15) is 6.04 Å². The highest BCUT2D eigenvalue weighted by Gasteiger charge is 2.38. The molecule has 1 unspecified atom stereocenters. The molecule has 3 rings (SSSR count). The van der Waals surface area contributed by atoms with Gasteiger partial charge in [-0.15, -0.1) is 0 Å². The maximum absolute atomic E-state index is 11.5. The number of ether oxygens (including phenoxy) is 3. The largest absolute Gasteiger partial charge is 0.600 e. The van der Waals surface area contributed by atoms with E-state index in [0.717, 1.165) is 24.1 Å². The van der Waals surface area contributed by atoms with Crippen LogP contribution in [0.4, 0.5) is 0 Å². The van der Waals surface area contributed by atoms with Gasteiger partial charge in [-0.2, -0.15) is 0 Å². The molecular weight excluding hydrogens is 276 g/mol. The monoisotopic (exact) mass is 296 g/mol. The molecule has 7 nitrogen and oxygen atoms in total. The zero-order valence-electron chi connectivity index (χ0n) is 12.4. The van der Waals surface area contributed by atoms with Crippen molar-refractivity contribution in [3.8, 4) is 17.2 Å². The number of nitrogens with one attached hydrogen (secondary N) is 1. The molecule has 0 aromatic heterocycles. The molecule has 0 spiro atoms. The Morgan fingerprint density at radius 3 is 2.95 bits per heavy atom. The van der Waals surface area contributed by atoms with Crippen LogP contribution in [0, 0.1) is 5.21 Å². The quantitative estimate of drug-likeness (QED) is 0.771. The molecule has 0 saturated heterocycles. The van der Waals surface area contributed by atoms with Gasteiger partial charge in [0.2, 0.25) is 12.5 Å². The number of fused-ring (bicyclic) bond motifs is 2. The molecule has 0 fully saturated rings. The molecule has 21 heavy (non-hydrogen) atoms. The van der Waals surface area contributed by atoms with Crippen LogP contribution in [-0.2, 0) is 6.42 Å². The third kappa shape index (κ3) is 2.22. The second kappa shape index (κ2) is 5.34. The lowest BCUT2D eigenvalue weighted by molar-refractivity contribution is -1.07. The Kier molecular flexibility index (Phi) is 3.66. The van der Waals surface area contributed by atoms with Crippen molar-refractivity contribution < 1.29 is 24.6 Å². The Morgan fingerprint density at radius 2 is 2.29 bits per heavy atom. The van der Waals surface area contributed by atoms with E-state index in [2.05, 4.69) is 4.90 Å². The molecule has 0 amide bonds. The first kappa shape index (κ1) is 14.4. The lowest BCUT2D eigenvalue weighted by Crippen LogP contribution is -3.09. The Bertz CT molecular complexity index is 549. The molecule has 1 aromatic rings. The number of likely N-dealkylation sites (N-methyl/N-ethyl adjacent to an activating group) is 1. The Morgan fingerprint density at radius 1 is 1.52 bits per heavy atom. The highest BCUT2D eigenvalue weighted by molar-refractivity contribution is 5.62. The third-order valence-corrected chi connectivity index (χ3v) is 4.32. The predicted octanol–water partition coefficient (Wildman–Crippen LogP) is 0.113. The first-order chi connectivity index (χ1) is 10.0. The molecule has 0 aliphatic carbocycles. The summed E-state index contributed by atoms with van der Waals surface area (Å²) in [6.45, 7) is 2.70. The van der Waals surface area contributed by atoms with Gasteiger partial charge in [0.05, 0.1) is 13.2 Å². The summed E-state index contributed by atoms with van der Waals surface area (Å²) in [6, 6.07) is 1.17. The summed E-state index contributed by atoms with van der Waals surface area (Å²) in [5.74, 6) is 1.86. The molecule has 2 N–H and O–H groups in total. The second-order valence-electron chi connectivity index (χ2n) is 5.52. The maximum Gasteiger partial charge on any atom is 0.231 e. The van der Waals surface area contributed by atoms with Crippen LogP contribution in [0.2, 0.25) is 0 Å². The number of benzene rings is 1. The van der Waals surface area contributed by atoms with E-state index in [0.29, 0.717) is 17.2 Å². The van der Waals surface area contributed by atoms with Crippen molar-refractivity contribution in [1.82, 2.24) is 4.90 Å². The van der Waals surface area contributed by atoms with Crippen LogP contribution in [0.25, 0.3) is 0 Å². The van der Waals surface area contributed by atoms with Crippen molar-refractivity contribution in [3.63, 3.8) is 0 Å². The van der Waals surface area contributed by atoms with Crippen molar-refractivity contribution in [2.75, 3.05) is 27.5 Å². The topological polar surface area (TPSA) is 78.7 Å². The maximum atomic E-state index is 11.5. The second-order valence-corrected chi connectivity index (χ2v) is 5.52. The van der Waals surface area contributed by atoms with E-state index < -0.39 is 11.3 Å². The Hall–Kier alpha value is -1.54. The number of hydrogen-bond donors (Lipinski definition) is 2. The number of nitrogens with zero attached hydrogens (tertiary/aromatic N) is 1. The smallest absolute Gasteiger partial charge is 0.231 e. The molecule has 0 radical (unpaired) electrons. The standard InChI is InChI=1S/C14H20N2O5/c1-8(16(17)18)12-11-9(4-5-15(12)2)6-10-13(14(11)19-3)21-7-20-10/h6,8,12,16-17H,4-5,7H2,1-3H3/t8-,12-/m1/s1. The summed E-state index contributed by atoms with van der Waals surface area (Å²) < 4.78 is 16.5. The zero-order chi connectivity index (χ0) is 15.1. The molecule has 2 aliphatic rings. The van der Waals surface area contributed by atoms with E-state index in [-0.39, 0.29) is 12.8 Å². The minimum Gasteiger partial charge on any atom is -0.600 e. The predicted molar refractivity (Wildman–Crippen MR) is 73.8 cm³/mol. The summed E-state index contributed by atoms with van der Waals surface area (Å²) in [7, 11) is 3.52. The average Bonchev–Trinajstić information content (AvgIpc) is 2.92. The summed E-state index contributed by atoms with van der Waals surface area (Å²) in [4.78, 5) is 2.06. The molecule has 0 saturated carbocycles. The number of rotatable bonds is 3. The summed E-state index contributed by atoms with van der Waals surface area (Å²) in [5.41, 5.74) is 1.98. The van der Waals surface area contributed by atoms with Crippen LogP contribution in [0.5, 0.6) is 17.2 Å². The minimum absolute atomic E-state index is 0.170. The van der Waals surface area contributed by atoms with Gasteiger partial charge in [0.15, 0.2) is 11.5 Å². The highest BCUT2D eigenvalue weighted by Crippen LogP contribution is 2.49. The van der Waals surface area contributed by atoms with E-state index in [1.54, 1.807) is 14.0 Å². The molecule has 116 valence electrons. The van der Waals surface area contributed by atoms with Crippen LogP contribution >= 0.6 is 0 Å². The van der Waals surface area contributed by atoms with E-state index in [4.69, 9.17) is 14.2 Å². The van der Waals surface area contributed by atoms with Gasteiger partial charge in [-0.05, 0) is 32.0 Å². The molecule has 0 bridgehead atoms. The Labute approximate surface area is 123 Å². The van der Waals surface area contributed by atoms with Gasteiger partial charge in [-0.25, -0.2) is 10.4 Å². The van der Waals surface area contributed by atoms with E-state index in [1.807, 2.05) is 13.1 Å². The fourth-order valence-corrected chi connectivity index (χ4v) is 3.23. The first-order valence-electron chi connectivity index (χ1n) is 6.97. The average molecular weight is 296 g/mol. The van der Waals surface area contributed by atoms with Gasteiger partial charge in [-0.3, -0.25) is 4.90 Å². The van der Waals surface area contributed by atoms with Crippen LogP contribution in [0.3, 0.4) is 0 Å². The fourth-order valence-electron chi connectivity index (χ4n) is 3.23. The molecule has 1 aromatic carbocycles. The van der Waals surface area contributed by atoms with Crippen molar-refractivity contribution >= 4 is 0 Å². The van der Waals surface area contributed by atoms with E-state index in [1.165, 1.54) is 0 Å². The molecule has 2 aliphatic heterocycles. The van der Waals surface area contributed by atoms with Crippen molar-refractivity contribution in [2.24, 2.45) is 0 Å². The number of hydroxylamine groups is 2. The first-order valence-corrected chi connectivity index (χ1v) is 6.97. The summed E-state index contributed by atoms with van der Waals surface area (Å²) in [5, 5.41) is 20.1. The third-order valence-electron chi connectivity index (χ3n) is 4.32. The van der Waals surface area contributed by atoms with Gasteiger partial charge < -0.3 is 19.4 Å². The lowest BCUT2D eigenvalue weighted by Gasteiger charge is -2.39. The van der Waals surface area contributed by atoms with Crippen LogP contribution in [0.15, 0.2) is 6.07 Å². The molecular formula is C14H20N2O5. The van der Waals surface area contributed by atoms with Crippen LogP contribution in [-0.4, -0.2) is 43.6 Å². The minimum atomic E-state index is -0.820. The normalized spacial score (nSPS) is 23.6. The molecule has 7 heteroatoms. The highest BCUT2D eigenvalue weighted by atomic mass is 16.8. The summed E-state index contributed by atoms with van der Waals surface area (Å²) >= 11 is 0. The molecule has 3 atom stereocenters. The van der Waals surface area contributed by atoms with Gasteiger partial charge in [-0.1, -0.05) is 0 Å².